The summed E-state index contributed by atoms with van der Waals surface area (Å²) in [5, 5.41) is 9.06. The van der Waals surface area contributed by atoms with Gasteiger partial charge in [-0.25, -0.2) is 0 Å². The van der Waals surface area contributed by atoms with Crippen molar-refractivity contribution in [2.24, 2.45) is 0 Å². The summed E-state index contributed by atoms with van der Waals surface area (Å²) in [4.78, 5) is 0. The van der Waals surface area contributed by atoms with E-state index in [1.165, 1.54) is 53.2 Å². The summed E-state index contributed by atoms with van der Waals surface area (Å²) >= 11 is 1.86. The first kappa shape index (κ1) is 20.9. The predicted octanol–water partition coefficient (Wildman–Crippen LogP) is 10.3. The van der Waals surface area contributed by atoms with Gasteiger partial charge in [0.1, 0.15) is 0 Å². The number of rotatable bonds is 4. The number of anilines is 2. The fourth-order valence-electron chi connectivity index (χ4n) is 5.13. The summed E-state index contributed by atoms with van der Waals surface area (Å²) in [5.74, 6) is 0. The van der Waals surface area contributed by atoms with Crippen molar-refractivity contribution >= 4 is 53.7 Å². The molecule has 0 saturated carbocycles. The average molecular weight is 478 g/mol. The van der Waals surface area contributed by atoms with Gasteiger partial charge < -0.3 is 5.32 Å². The monoisotopic (exact) mass is 477 g/mol. The molecule has 7 aromatic rings. The Morgan fingerprint density at radius 3 is 1.94 bits per heavy atom. The molecule has 1 aromatic heterocycles. The maximum absolute atomic E-state index is 3.86. The van der Waals surface area contributed by atoms with E-state index < -0.39 is 0 Å². The largest absolute Gasteiger partial charge is 0.354 e. The van der Waals surface area contributed by atoms with Crippen LogP contribution in [0, 0.1) is 0 Å². The third kappa shape index (κ3) is 3.55. The van der Waals surface area contributed by atoms with Crippen molar-refractivity contribution in [1.82, 2.24) is 0 Å². The summed E-state index contributed by atoms with van der Waals surface area (Å²) in [5.41, 5.74) is 7.08. The Morgan fingerprint density at radius 1 is 0.472 bits per heavy atom. The minimum absolute atomic E-state index is 1.11. The van der Waals surface area contributed by atoms with Gasteiger partial charge in [0.2, 0.25) is 0 Å². The second kappa shape index (κ2) is 8.67. The first-order chi connectivity index (χ1) is 17.8. The molecule has 7 rings (SSSR count). The molecule has 1 nitrogen and oxygen atoms in total. The Balaban J connectivity index is 1.45. The highest BCUT2D eigenvalue weighted by Crippen LogP contribution is 2.44. The summed E-state index contributed by atoms with van der Waals surface area (Å²) < 4.78 is 2.61. The molecular weight excluding hydrogens is 454 g/mol. The smallest absolute Gasteiger partial charge is 0.0596 e. The van der Waals surface area contributed by atoms with Gasteiger partial charge in [-0.05, 0) is 51.7 Å². The first-order valence-electron chi connectivity index (χ1n) is 12.2. The van der Waals surface area contributed by atoms with Gasteiger partial charge >= 0.3 is 0 Å². The van der Waals surface area contributed by atoms with Crippen LogP contribution < -0.4 is 5.32 Å². The van der Waals surface area contributed by atoms with Gasteiger partial charge in [-0.15, -0.1) is 11.3 Å². The van der Waals surface area contributed by atoms with Crippen LogP contribution in [0.15, 0.2) is 133 Å². The normalized spacial score (nSPS) is 11.3. The van der Waals surface area contributed by atoms with Gasteiger partial charge in [0, 0.05) is 26.7 Å². The molecular formula is C34H23NS. The average Bonchev–Trinajstić information content (AvgIpc) is 3.35. The van der Waals surface area contributed by atoms with Crippen LogP contribution >= 0.6 is 11.3 Å². The van der Waals surface area contributed by atoms with Gasteiger partial charge in [-0.2, -0.15) is 0 Å². The highest BCUT2D eigenvalue weighted by molar-refractivity contribution is 7.26. The molecule has 0 aliphatic heterocycles. The lowest BCUT2D eigenvalue weighted by Gasteiger charge is -2.16. The number of hydrogen-bond acceptors (Lipinski definition) is 2. The van der Waals surface area contributed by atoms with E-state index in [9.17, 15) is 0 Å². The third-order valence-electron chi connectivity index (χ3n) is 6.85. The van der Waals surface area contributed by atoms with Gasteiger partial charge in [0.15, 0.2) is 0 Å². The van der Waals surface area contributed by atoms with E-state index in [2.05, 4.69) is 139 Å². The maximum Gasteiger partial charge on any atom is 0.0596 e. The molecule has 170 valence electrons. The summed E-state index contributed by atoms with van der Waals surface area (Å²) in [6.45, 7) is 0. The molecule has 1 heterocycles. The van der Waals surface area contributed by atoms with E-state index in [0.29, 0.717) is 0 Å². The van der Waals surface area contributed by atoms with Gasteiger partial charge in [-0.3, -0.25) is 0 Å². The minimum atomic E-state index is 1.11. The molecule has 0 saturated heterocycles. The molecule has 0 radical (unpaired) electrons. The van der Waals surface area contributed by atoms with Crippen LogP contribution in [0.25, 0.3) is 53.2 Å². The van der Waals surface area contributed by atoms with Crippen LogP contribution in [0.4, 0.5) is 11.4 Å². The standard InChI is InChI=1S/C34H23NS/c1-3-11-23(12-4-1)25-19-20-30(29(21-25)24-13-5-2-6-14-24)35-31-22-26-15-7-8-16-27(26)33-28-17-9-10-18-32(28)36-34(31)33/h1-22,35H. The van der Waals surface area contributed by atoms with Crippen LogP contribution in [0.2, 0.25) is 0 Å². The lowest BCUT2D eigenvalue weighted by molar-refractivity contribution is 1.55. The SMILES string of the molecule is c1ccc(-c2ccc(Nc3cc4ccccc4c4c3sc3ccccc34)c(-c3ccccc3)c2)cc1. The van der Waals surface area contributed by atoms with Crippen molar-refractivity contribution < 1.29 is 0 Å². The van der Waals surface area contributed by atoms with Gasteiger partial charge in [-0.1, -0.05) is 109 Å². The van der Waals surface area contributed by atoms with Crippen LogP contribution in [0.1, 0.15) is 0 Å². The highest BCUT2D eigenvalue weighted by Gasteiger charge is 2.15. The van der Waals surface area contributed by atoms with Crippen LogP contribution in [-0.2, 0) is 0 Å². The zero-order valence-corrected chi connectivity index (χ0v) is 20.4. The molecule has 0 aliphatic rings. The molecule has 36 heavy (non-hydrogen) atoms. The predicted molar refractivity (Wildman–Crippen MR) is 157 cm³/mol. The highest BCUT2D eigenvalue weighted by atomic mass is 32.1. The molecule has 0 amide bonds. The van der Waals surface area contributed by atoms with E-state index in [1.807, 2.05) is 11.3 Å². The minimum Gasteiger partial charge on any atom is -0.354 e. The zero-order valence-electron chi connectivity index (χ0n) is 19.6. The fourth-order valence-corrected chi connectivity index (χ4v) is 6.32. The summed E-state index contributed by atoms with van der Waals surface area (Å²) in [6, 6.07) is 47.7. The number of nitrogens with one attached hydrogen (secondary N) is 1. The van der Waals surface area contributed by atoms with Crippen LogP contribution in [0.5, 0.6) is 0 Å². The molecule has 0 fully saturated rings. The molecule has 0 unspecified atom stereocenters. The number of hydrogen-bond donors (Lipinski definition) is 1. The molecule has 0 atom stereocenters. The fraction of sp³-hybridized carbons (Fsp3) is 0. The number of fused-ring (bicyclic) bond motifs is 5. The van der Waals surface area contributed by atoms with Crippen LogP contribution in [0.3, 0.4) is 0 Å². The number of thiophene rings is 1. The zero-order chi connectivity index (χ0) is 23.9. The Labute approximate surface area is 214 Å². The second-order valence-corrected chi connectivity index (χ2v) is 10.1. The molecule has 1 N–H and O–H groups in total. The number of benzene rings is 6. The van der Waals surface area contributed by atoms with E-state index in [1.54, 1.807) is 0 Å². The first-order valence-corrected chi connectivity index (χ1v) is 13.0. The quantitative estimate of drug-likeness (QED) is 0.266. The van der Waals surface area contributed by atoms with E-state index in [-0.39, 0.29) is 0 Å². The summed E-state index contributed by atoms with van der Waals surface area (Å²) in [6.07, 6.45) is 0. The third-order valence-corrected chi connectivity index (χ3v) is 8.05. The topological polar surface area (TPSA) is 12.0 Å². The van der Waals surface area contributed by atoms with Crippen molar-refractivity contribution in [2.75, 3.05) is 5.32 Å². The Bertz CT molecular complexity index is 1850. The summed E-state index contributed by atoms with van der Waals surface area (Å²) in [7, 11) is 0. The Morgan fingerprint density at radius 2 is 1.14 bits per heavy atom. The molecule has 0 bridgehead atoms. The maximum atomic E-state index is 3.86. The van der Waals surface area contributed by atoms with Crippen LogP contribution in [-0.4, -0.2) is 0 Å². The van der Waals surface area contributed by atoms with Crippen molar-refractivity contribution in [2.45, 2.75) is 0 Å². The Kier molecular flexibility index (Phi) is 5.04. The lowest BCUT2D eigenvalue weighted by atomic mass is 9.97. The van der Waals surface area contributed by atoms with E-state index in [0.717, 1.165) is 11.4 Å². The van der Waals surface area contributed by atoms with Crippen molar-refractivity contribution in [3.63, 3.8) is 0 Å². The molecule has 2 heteroatoms. The second-order valence-electron chi connectivity index (χ2n) is 9.07. The molecule has 0 aliphatic carbocycles. The molecule has 0 spiro atoms. The van der Waals surface area contributed by atoms with E-state index in [4.69, 9.17) is 0 Å². The lowest BCUT2D eigenvalue weighted by Crippen LogP contribution is -1.95. The van der Waals surface area contributed by atoms with E-state index >= 15 is 0 Å². The van der Waals surface area contributed by atoms with Crippen molar-refractivity contribution in [3.8, 4) is 22.3 Å². The van der Waals surface area contributed by atoms with Gasteiger partial charge in [0.05, 0.1) is 10.4 Å². The molecule has 6 aromatic carbocycles. The van der Waals surface area contributed by atoms with Crippen molar-refractivity contribution in [1.29, 1.82) is 0 Å². The Hall–Kier alpha value is -4.40. The van der Waals surface area contributed by atoms with Crippen molar-refractivity contribution in [3.05, 3.63) is 133 Å². The van der Waals surface area contributed by atoms with Gasteiger partial charge in [0.25, 0.3) is 0 Å².